The van der Waals surface area contributed by atoms with Crippen LogP contribution >= 0.6 is 0 Å². The van der Waals surface area contributed by atoms with E-state index in [0.29, 0.717) is 26.4 Å². The van der Waals surface area contributed by atoms with Crippen LogP contribution in [0.1, 0.15) is 13.8 Å². The molecular weight excluding hydrogens is 309 g/mol. The zero-order chi connectivity index (χ0) is 12.5. The van der Waals surface area contributed by atoms with E-state index < -0.39 is 0 Å². The van der Waals surface area contributed by atoms with Gasteiger partial charge >= 0.3 is 32.7 Å². The Morgan fingerprint density at radius 3 is 1.28 bits per heavy atom. The van der Waals surface area contributed by atoms with Crippen LogP contribution in [-0.2, 0) is 51.7 Å². The van der Waals surface area contributed by atoms with Crippen LogP contribution in [0.15, 0.2) is 0 Å². The number of ether oxygens (including phenoxy) is 4. The SMILES string of the molecule is C[CH-]COCCOC.C[CH-]COCCOC.[CH3-].[Y+3]. The molecule has 0 atom stereocenters. The molecule has 0 aliphatic heterocycles. The van der Waals surface area contributed by atoms with Crippen molar-refractivity contribution in [2.75, 3.05) is 53.9 Å². The van der Waals surface area contributed by atoms with Crippen molar-refractivity contribution in [1.29, 1.82) is 0 Å². The Balaban J connectivity index is -0.0000000980. The van der Waals surface area contributed by atoms with Crippen molar-refractivity contribution < 1.29 is 51.7 Å². The molecule has 0 heterocycles. The first-order valence-corrected chi connectivity index (χ1v) is 5.52. The first-order valence-electron chi connectivity index (χ1n) is 5.52. The first-order chi connectivity index (χ1) is 7.83. The molecule has 0 aromatic carbocycles. The molecule has 0 aliphatic rings. The topological polar surface area (TPSA) is 36.9 Å². The predicted molar refractivity (Wildman–Crippen MR) is 71.8 cm³/mol. The predicted octanol–water partition coefficient (Wildman–Crippen LogP) is 2.19. The van der Waals surface area contributed by atoms with E-state index in [4.69, 9.17) is 18.9 Å². The molecule has 0 rings (SSSR count). The van der Waals surface area contributed by atoms with E-state index in [1.165, 1.54) is 0 Å². The summed E-state index contributed by atoms with van der Waals surface area (Å²) in [7, 11) is 3.33. The average molecular weight is 338 g/mol. The molecule has 0 amide bonds. The van der Waals surface area contributed by atoms with E-state index >= 15 is 0 Å². The summed E-state index contributed by atoms with van der Waals surface area (Å²) in [4.78, 5) is 0. The number of hydrogen-bond acceptors (Lipinski definition) is 4. The van der Waals surface area contributed by atoms with Gasteiger partial charge in [-0.05, 0) is 0 Å². The van der Waals surface area contributed by atoms with Crippen LogP contribution in [0.3, 0.4) is 0 Å². The van der Waals surface area contributed by atoms with Crippen molar-refractivity contribution in [3.63, 3.8) is 0 Å². The number of hydrogen-bond donors (Lipinski definition) is 0. The van der Waals surface area contributed by atoms with Crippen LogP contribution < -0.4 is 0 Å². The summed E-state index contributed by atoms with van der Waals surface area (Å²) in [6.07, 6.45) is 3.94. The van der Waals surface area contributed by atoms with Crippen LogP contribution in [0.25, 0.3) is 0 Å². The third kappa shape index (κ3) is 36.0. The van der Waals surface area contributed by atoms with Gasteiger partial charge in [-0.25, -0.2) is 0 Å². The fourth-order valence-electron chi connectivity index (χ4n) is 0.687. The Bertz CT molecular complexity index is 81.0. The van der Waals surface area contributed by atoms with Crippen LogP contribution in [0.5, 0.6) is 0 Å². The van der Waals surface area contributed by atoms with Crippen molar-refractivity contribution in [2.24, 2.45) is 0 Å². The number of methoxy groups -OCH3 is 2. The van der Waals surface area contributed by atoms with E-state index in [0.717, 1.165) is 13.2 Å². The normalized spacial score (nSPS) is 8.67. The van der Waals surface area contributed by atoms with Gasteiger partial charge in [0.2, 0.25) is 0 Å². The molecule has 4 nitrogen and oxygen atoms in total. The molecule has 0 saturated heterocycles. The Morgan fingerprint density at radius 1 is 0.722 bits per heavy atom. The summed E-state index contributed by atoms with van der Waals surface area (Å²) in [5.74, 6) is 0. The minimum absolute atomic E-state index is 0. The van der Waals surface area contributed by atoms with Gasteiger partial charge in [-0.2, -0.15) is 13.8 Å². The standard InChI is InChI=1S/2C6H13O2.CH3.Y/c2*1-3-4-8-6-5-7-2;;/h2*3H,4-6H2,1-2H3;1H3;/q3*-1;+3. The van der Waals surface area contributed by atoms with Crippen LogP contribution in [0, 0.1) is 20.3 Å². The number of rotatable bonds is 10. The van der Waals surface area contributed by atoms with Gasteiger partial charge in [0.15, 0.2) is 0 Å². The molecule has 0 fully saturated rings. The second-order valence-electron chi connectivity index (χ2n) is 2.95. The largest absolute Gasteiger partial charge is 3.00 e. The summed E-state index contributed by atoms with van der Waals surface area (Å²) in [6.45, 7) is 8.15. The third-order valence-corrected chi connectivity index (χ3v) is 1.43. The van der Waals surface area contributed by atoms with Gasteiger partial charge in [0, 0.05) is 14.2 Å². The minimum Gasteiger partial charge on any atom is -0.411 e. The molecule has 0 unspecified atom stereocenters. The summed E-state index contributed by atoms with van der Waals surface area (Å²) in [5, 5.41) is 0. The molecule has 0 aromatic rings. The van der Waals surface area contributed by atoms with Gasteiger partial charge in [0.05, 0.1) is 26.4 Å². The maximum atomic E-state index is 5.04. The smallest absolute Gasteiger partial charge is 0.411 e. The Kier molecular flexibility index (Phi) is 46.7. The summed E-state index contributed by atoms with van der Waals surface area (Å²) in [6, 6.07) is 0. The summed E-state index contributed by atoms with van der Waals surface area (Å²) < 4.78 is 19.6. The minimum atomic E-state index is 0. The molecule has 0 bridgehead atoms. The zero-order valence-corrected chi connectivity index (χ0v) is 15.4. The molecule has 108 valence electrons. The molecule has 0 aliphatic carbocycles. The fraction of sp³-hybridized carbons (Fsp3) is 0.769. The van der Waals surface area contributed by atoms with E-state index in [9.17, 15) is 0 Å². The van der Waals surface area contributed by atoms with Gasteiger partial charge in [0.1, 0.15) is 0 Å². The van der Waals surface area contributed by atoms with E-state index in [2.05, 4.69) is 0 Å². The van der Waals surface area contributed by atoms with Gasteiger partial charge in [-0.3, -0.25) is 0 Å². The molecule has 0 N–H and O–H groups in total. The van der Waals surface area contributed by atoms with Crippen molar-refractivity contribution in [3.05, 3.63) is 20.3 Å². The van der Waals surface area contributed by atoms with Crippen molar-refractivity contribution >= 4 is 0 Å². The fourth-order valence-corrected chi connectivity index (χ4v) is 0.687. The van der Waals surface area contributed by atoms with E-state index in [1.807, 2.05) is 26.7 Å². The monoisotopic (exact) mass is 338 g/mol. The molecule has 0 radical (unpaired) electrons. The summed E-state index contributed by atoms with van der Waals surface area (Å²) >= 11 is 0. The quantitative estimate of drug-likeness (QED) is 0.452. The van der Waals surface area contributed by atoms with Gasteiger partial charge in [0.25, 0.3) is 0 Å². The molecule has 0 spiro atoms. The zero-order valence-electron chi connectivity index (χ0n) is 12.6. The Labute approximate surface area is 139 Å². The first kappa shape index (κ1) is 27.3. The average Bonchev–Trinajstić information content (AvgIpc) is 2.31. The Hall–Kier alpha value is 0.944. The van der Waals surface area contributed by atoms with Crippen LogP contribution in [-0.4, -0.2) is 53.9 Å². The molecule has 5 heteroatoms. The second kappa shape index (κ2) is 30.7. The van der Waals surface area contributed by atoms with Gasteiger partial charge < -0.3 is 39.2 Å². The summed E-state index contributed by atoms with van der Waals surface area (Å²) in [5.41, 5.74) is 0. The van der Waals surface area contributed by atoms with Crippen molar-refractivity contribution in [1.82, 2.24) is 0 Å². The molecule has 18 heavy (non-hydrogen) atoms. The van der Waals surface area contributed by atoms with Crippen LogP contribution in [0.2, 0.25) is 0 Å². The Morgan fingerprint density at radius 2 is 1.06 bits per heavy atom. The van der Waals surface area contributed by atoms with Gasteiger partial charge in [-0.15, -0.1) is 0 Å². The third-order valence-electron chi connectivity index (χ3n) is 1.43. The molecule has 0 saturated carbocycles. The van der Waals surface area contributed by atoms with Crippen molar-refractivity contribution in [3.8, 4) is 0 Å². The molecular formula is C13H29O4Y. The van der Waals surface area contributed by atoms with E-state index in [-0.39, 0.29) is 40.1 Å². The second-order valence-corrected chi connectivity index (χ2v) is 2.95. The van der Waals surface area contributed by atoms with Gasteiger partial charge in [-0.1, -0.05) is 13.2 Å². The maximum absolute atomic E-state index is 5.04. The van der Waals surface area contributed by atoms with Crippen molar-refractivity contribution in [2.45, 2.75) is 13.8 Å². The molecule has 0 aromatic heterocycles. The van der Waals surface area contributed by atoms with Crippen LogP contribution in [0.4, 0.5) is 0 Å². The maximum Gasteiger partial charge on any atom is 3.00 e. The van der Waals surface area contributed by atoms with E-state index in [1.54, 1.807) is 14.2 Å².